The van der Waals surface area contributed by atoms with E-state index in [0.717, 1.165) is 18.5 Å². The largest absolute Gasteiger partial charge is 0.477 e. The Labute approximate surface area is 119 Å². The summed E-state index contributed by atoms with van der Waals surface area (Å²) < 4.78 is 1.95. The number of rotatable bonds is 5. The zero-order valence-electron chi connectivity index (χ0n) is 12.3. The lowest BCUT2D eigenvalue weighted by atomic mass is 10.1. The molecule has 0 aliphatic rings. The van der Waals surface area contributed by atoms with Crippen molar-refractivity contribution in [2.75, 3.05) is 0 Å². The lowest BCUT2D eigenvalue weighted by Crippen LogP contribution is -2.15. The summed E-state index contributed by atoms with van der Waals surface area (Å²) in [6.45, 7) is 6.20. The first kappa shape index (κ1) is 14.4. The van der Waals surface area contributed by atoms with Gasteiger partial charge in [0, 0.05) is 18.2 Å². The Balaban J connectivity index is 2.36. The topological polar surface area (TPSA) is 42.2 Å². The molecular formula is C17H21NO2. The number of hydrogen-bond acceptors (Lipinski definition) is 1. The molecule has 0 bridgehead atoms. The van der Waals surface area contributed by atoms with Crippen LogP contribution in [0.1, 0.15) is 53.6 Å². The summed E-state index contributed by atoms with van der Waals surface area (Å²) in [4.78, 5) is 11.3. The van der Waals surface area contributed by atoms with Gasteiger partial charge in [-0.3, -0.25) is 0 Å². The van der Waals surface area contributed by atoms with Gasteiger partial charge in [-0.25, -0.2) is 4.79 Å². The van der Waals surface area contributed by atoms with E-state index >= 15 is 0 Å². The first-order chi connectivity index (χ1) is 9.52. The fourth-order valence-corrected chi connectivity index (χ4v) is 2.43. The fourth-order valence-electron chi connectivity index (χ4n) is 2.43. The van der Waals surface area contributed by atoms with Crippen molar-refractivity contribution in [3.63, 3.8) is 0 Å². The second-order valence-electron chi connectivity index (χ2n) is 5.30. The van der Waals surface area contributed by atoms with Crippen LogP contribution in [0.3, 0.4) is 0 Å². The van der Waals surface area contributed by atoms with Crippen LogP contribution in [0.4, 0.5) is 0 Å². The number of carboxylic acid groups (broad SMARTS) is 1. The van der Waals surface area contributed by atoms with Crippen molar-refractivity contribution in [3.8, 4) is 0 Å². The first-order valence-electron chi connectivity index (χ1n) is 7.02. The lowest BCUT2D eigenvalue weighted by molar-refractivity contribution is 0.0682. The van der Waals surface area contributed by atoms with E-state index in [4.69, 9.17) is 0 Å². The van der Waals surface area contributed by atoms with Crippen molar-refractivity contribution in [1.82, 2.24) is 4.57 Å². The molecule has 0 aliphatic carbocycles. The monoisotopic (exact) mass is 271 g/mol. The van der Waals surface area contributed by atoms with Crippen LogP contribution in [0.25, 0.3) is 0 Å². The van der Waals surface area contributed by atoms with Gasteiger partial charge in [0.1, 0.15) is 5.69 Å². The molecule has 1 atom stereocenters. The van der Waals surface area contributed by atoms with Crippen LogP contribution in [0.5, 0.6) is 0 Å². The summed E-state index contributed by atoms with van der Waals surface area (Å²) in [5.41, 5.74) is 3.87. The summed E-state index contributed by atoms with van der Waals surface area (Å²) in [5.74, 6) is -0.861. The van der Waals surface area contributed by atoms with Crippen LogP contribution in [0.15, 0.2) is 36.4 Å². The number of carboxylic acids is 1. The van der Waals surface area contributed by atoms with Crippen molar-refractivity contribution in [2.45, 2.75) is 39.7 Å². The molecule has 0 amide bonds. The molecule has 106 valence electrons. The van der Waals surface area contributed by atoms with Gasteiger partial charge in [-0.05, 0) is 38.0 Å². The second-order valence-corrected chi connectivity index (χ2v) is 5.30. The summed E-state index contributed by atoms with van der Waals surface area (Å²) in [6, 6.07) is 12.2. The molecule has 0 unspecified atom stereocenters. The molecule has 0 radical (unpaired) electrons. The van der Waals surface area contributed by atoms with Crippen LogP contribution >= 0.6 is 0 Å². The average Bonchev–Trinajstić information content (AvgIpc) is 2.84. The quantitative estimate of drug-likeness (QED) is 0.891. The van der Waals surface area contributed by atoms with Gasteiger partial charge in [-0.1, -0.05) is 36.8 Å². The van der Waals surface area contributed by atoms with Crippen LogP contribution in [0, 0.1) is 6.92 Å². The summed E-state index contributed by atoms with van der Waals surface area (Å²) in [5, 5.41) is 9.31. The number of benzene rings is 1. The standard InChI is InChI=1S/C17H21NO2/c1-4-13(3)18-15(9-10-16(18)17(19)20)11-14-7-5-12(2)6-8-14/h5-10,13H,4,11H2,1-3H3,(H,19,20)/t13-/m1/s1. The van der Waals surface area contributed by atoms with E-state index in [1.54, 1.807) is 6.07 Å². The van der Waals surface area contributed by atoms with Crippen molar-refractivity contribution in [3.05, 3.63) is 58.9 Å². The van der Waals surface area contributed by atoms with Crippen LogP contribution in [0.2, 0.25) is 0 Å². The van der Waals surface area contributed by atoms with Gasteiger partial charge < -0.3 is 9.67 Å². The molecule has 1 heterocycles. The van der Waals surface area contributed by atoms with E-state index in [-0.39, 0.29) is 6.04 Å². The lowest BCUT2D eigenvalue weighted by Gasteiger charge is -2.18. The highest BCUT2D eigenvalue weighted by Gasteiger charge is 2.17. The van der Waals surface area contributed by atoms with Gasteiger partial charge in [0.2, 0.25) is 0 Å². The third kappa shape index (κ3) is 2.93. The smallest absolute Gasteiger partial charge is 0.352 e. The molecule has 2 aromatic rings. The molecule has 0 saturated heterocycles. The molecule has 0 saturated carbocycles. The normalized spacial score (nSPS) is 12.3. The molecule has 1 aromatic heterocycles. The molecule has 0 fully saturated rings. The Morgan fingerprint density at radius 3 is 2.40 bits per heavy atom. The molecule has 1 N–H and O–H groups in total. The maximum atomic E-state index is 11.3. The van der Waals surface area contributed by atoms with E-state index in [1.165, 1.54) is 11.1 Å². The summed E-state index contributed by atoms with van der Waals surface area (Å²) in [6.07, 6.45) is 1.67. The Morgan fingerprint density at radius 1 is 1.20 bits per heavy atom. The van der Waals surface area contributed by atoms with Crippen LogP contribution in [-0.4, -0.2) is 15.6 Å². The second kappa shape index (κ2) is 5.95. The van der Waals surface area contributed by atoms with Crippen molar-refractivity contribution in [1.29, 1.82) is 0 Å². The number of nitrogens with zero attached hydrogens (tertiary/aromatic N) is 1. The number of hydrogen-bond donors (Lipinski definition) is 1. The van der Waals surface area contributed by atoms with E-state index in [2.05, 4.69) is 45.0 Å². The average molecular weight is 271 g/mol. The summed E-state index contributed by atoms with van der Waals surface area (Å²) >= 11 is 0. The minimum absolute atomic E-state index is 0.191. The molecule has 3 heteroatoms. The van der Waals surface area contributed by atoms with E-state index in [9.17, 15) is 9.90 Å². The minimum atomic E-state index is -0.861. The van der Waals surface area contributed by atoms with Crippen LogP contribution < -0.4 is 0 Å². The SMILES string of the molecule is CC[C@@H](C)n1c(Cc2ccc(C)cc2)ccc1C(=O)O. The van der Waals surface area contributed by atoms with Gasteiger partial charge >= 0.3 is 5.97 Å². The van der Waals surface area contributed by atoms with Crippen LogP contribution in [-0.2, 0) is 6.42 Å². The molecule has 2 rings (SSSR count). The van der Waals surface area contributed by atoms with Gasteiger partial charge in [0.05, 0.1) is 0 Å². The Bertz CT molecular complexity index is 596. The highest BCUT2D eigenvalue weighted by molar-refractivity contribution is 5.86. The molecule has 0 aliphatic heterocycles. The number of aromatic nitrogens is 1. The number of aromatic carboxylic acids is 1. The predicted molar refractivity (Wildman–Crippen MR) is 80.4 cm³/mol. The predicted octanol–water partition coefficient (Wildman–Crippen LogP) is 4.06. The molecule has 3 nitrogen and oxygen atoms in total. The summed E-state index contributed by atoms with van der Waals surface area (Å²) in [7, 11) is 0. The highest BCUT2D eigenvalue weighted by Crippen LogP contribution is 2.22. The minimum Gasteiger partial charge on any atom is -0.477 e. The van der Waals surface area contributed by atoms with Gasteiger partial charge in [0.25, 0.3) is 0 Å². The fraction of sp³-hybridized carbons (Fsp3) is 0.353. The van der Waals surface area contributed by atoms with Crippen molar-refractivity contribution >= 4 is 5.97 Å². The molecule has 1 aromatic carbocycles. The highest BCUT2D eigenvalue weighted by atomic mass is 16.4. The van der Waals surface area contributed by atoms with Gasteiger partial charge in [0.15, 0.2) is 0 Å². The molecule has 0 spiro atoms. The Kier molecular flexibility index (Phi) is 4.28. The number of carbonyl (C=O) groups is 1. The maximum Gasteiger partial charge on any atom is 0.352 e. The third-order valence-corrected chi connectivity index (χ3v) is 3.76. The van der Waals surface area contributed by atoms with Crippen molar-refractivity contribution < 1.29 is 9.90 Å². The number of aryl methyl sites for hydroxylation is 1. The van der Waals surface area contributed by atoms with E-state index in [1.807, 2.05) is 10.6 Å². The Hall–Kier alpha value is -2.03. The zero-order valence-corrected chi connectivity index (χ0v) is 12.3. The van der Waals surface area contributed by atoms with Gasteiger partial charge in [-0.2, -0.15) is 0 Å². The Morgan fingerprint density at radius 2 is 1.85 bits per heavy atom. The third-order valence-electron chi connectivity index (χ3n) is 3.76. The zero-order chi connectivity index (χ0) is 14.7. The van der Waals surface area contributed by atoms with E-state index in [0.29, 0.717) is 5.69 Å². The maximum absolute atomic E-state index is 11.3. The van der Waals surface area contributed by atoms with E-state index < -0.39 is 5.97 Å². The first-order valence-corrected chi connectivity index (χ1v) is 7.02. The molecule has 20 heavy (non-hydrogen) atoms. The van der Waals surface area contributed by atoms with Gasteiger partial charge in [-0.15, -0.1) is 0 Å². The molecular weight excluding hydrogens is 250 g/mol. The van der Waals surface area contributed by atoms with Crippen molar-refractivity contribution in [2.24, 2.45) is 0 Å².